The third-order valence-corrected chi connectivity index (χ3v) is 3.87. The highest BCUT2D eigenvalue weighted by molar-refractivity contribution is 9.10. The van der Waals surface area contributed by atoms with E-state index in [1.54, 1.807) is 0 Å². The summed E-state index contributed by atoms with van der Waals surface area (Å²) in [4.78, 5) is 0. The van der Waals surface area contributed by atoms with Crippen molar-refractivity contribution in [3.05, 3.63) is 22.2 Å². The highest BCUT2D eigenvalue weighted by atomic mass is 79.9. The molecule has 0 radical (unpaired) electrons. The molecule has 0 saturated heterocycles. The summed E-state index contributed by atoms with van der Waals surface area (Å²) in [5.74, 6) is 1.73. The van der Waals surface area contributed by atoms with Crippen LogP contribution in [-0.4, -0.2) is 25.8 Å². The summed E-state index contributed by atoms with van der Waals surface area (Å²) in [6.07, 6.45) is 3.44. The van der Waals surface area contributed by atoms with Gasteiger partial charge < -0.3 is 14.8 Å². The molecule has 0 amide bonds. The molecule has 0 bridgehead atoms. The molecule has 0 aromatic heterocycles. The second-order valence-electron chi connectivity index (χ2n) is 5.15. The number of benzene rings is 1. The number of nitrogens with one attached hydrogen (secondary N) is 1. The fourth-order valence-electron chi connectivity index (χ4n) is 2.13. The number of hydrogen-bond donors (Lipinski definition) is 1. The molecular weight excluding hydrogens is 306 g/mol. The summed E-state index contributed by atoms with van der Waals surface area (Å²) < 4.78 is 12.3. The zero-order valence-corrected chi connectivity index (χ0v) is 13.3. The lowest BCUT2D eigenvalue weighted by Crippen LogP contribution is -2.23. The van der Waals surface area contributed by atoms with Crippen LogP contribution in [-0.2, 0) is 6.42 Å². The minimum atomic E-state index is 0.570. The fourth-order valence-corrected chi connectivity index (χ4v) is 2.65. The Balaban J connectivity index is 1.86. The molecule has 0 atom stereocenters. The Kier molecular flexibility index (Phi) is 5.52. The first kappa shape index (κ1) is 14.7. The summed E-state index contributed by atoms with van der Waals surface area (Å²) in [6.45, 7) is 6.72. The molecule has 3 nitrogen and oxygen atoms in total. The van der Waals surface area contributed by atoms with Gasteiger partial charge in [-0.25, -0.2) is 0 Å². The third-order valence-electron chi connectivity index (χ3n) is 3.14. The van der Waals surface area contributed by atoms with E-state index in [1.165, 1.54) is 18.4 Å². The number of unbranched alkanes of at least 4 members (excludes halogenated alkanes) is 1. The topological polar surface area (TPSA) is 30.5 Å². The molecule has 0 aliphatic carbocycles. The van der Waals surface area contributed by atoms with Gasteiger partial charge in [-0.1, -0.05) is 29.8 Å². The molecule has 106 valence electrons. The van der Waals surface area contributed by atoms with Crippen molar-refractivity contribution in [2.75, 3.05) is 19.8 Å². The lowest BCUT2D eigenvalue weighted by atomic mass is 10.1. The molecule has 0 spiro atoms. The van der Waals surface area contributed by atoms with Crippen LogP contribution in [0, 0.1) is 0 Å². The van der Waals surface area contributed by atoms with Gasteiger partial charge in [0.05, 0.1) is 0 Å². The molecule has 0 fully saturated rings. The molecular formula is C15H22BrNO2. The number of rotatable bonds is 6. The highest BCUT2D eigenvalue weighted by Crippen LogP contribution is 2.36. The second-order valence-corrected chi connectivity index (χ2v) is 6.01. The van der Waals surface area contributed by atoms with Crippen LogP contribution < -0.4 is 14.8 Å². The van der Waals surface area contributed by atoms with Gasteiger partial charge in [0.25, 0.3) is 0 Å². The van der Waals surface area contributed by atoms with Gasteiger partial charge in [0.2, 0.25) is 0 Å². The average molecular weight is 328 g/mol. The van der Waals surface area contributed by atoms with E-state index < -0.39 is 0 Å². The van der Waals surface area contributed by atoms with E-state index in [0.717, 1.165) is 28.9 Å². The first-order chi connectivity index (χ1) is 9.16. The van der Waals surface area contributed by atoms with Gasteiger partial charge in [-0.05, 0) is 43.5 Å². The van der Waals surface area contributed by atoms with Crippen molar-refractivity contribution in [1.29, 1.82) is 0 Å². The molecule has 1 N–H and O–H groups in total. The first-order valence-corrected chi connectivity index (χ1v) is 7.77. The summed E-state index contributed by atoms with van der Waals surface area (Å²) in [5.41, 5.74) is 1.30. The Morgan fingerprint density at radius 2 is 1.84 bits per heavy atom. The molecule has 1 aromatic rings. The summed E-state index contributed by atoms with van der Waals surface area (Å²) in [5, 5.41) is 3.44. The minimum absolute atomic E-state index is 0.570. The number of ether oxygens (including phenoxy) is 2. The van der Waals surface area contributed by atoms with Crippen molar-refractivity contribution in [1.82, 2.24) is 5.32 Å². The molecule has 4 heteroatoms. The van der Waals surface area contributed by atoms with Crippen LogP contribution in [0.15, 0.2) is 16.6 Å². The highest BCUT2D eigenvalue weighted by Gasteiger charge is 2.14. The van der Waals surface area contributed by atoms with Gasteiger partial charge in [-0.15, -0.1) is 0 Å². The molecule has 1 aliphatic rings. The van der Waals surface area contributed by atoms with E-state index >= 15 is 0 Å². The lowest BCUT2D eigenvalue weighted by molar-refractivity contribution is 0.171. The number of halogens is 1. The zero-order chi connectivity index (χ0) is 13.7. The molecule has 0 saturated carbocycles. The van der Waals surface area contributed by atoms with Crippen LogP contribution >= 0.6 is 15.9 Å². The Morgan fingerprint density at radius 3 is 2.53 bits per heavy atom. The molecule has 1 heterocycles. The first-order valence-electron chi connectivity index (χ1n) is 6.98. The number of hydrogen-bond acceptors (Lipinski definition) is 3. The normalized spacial score (nSPS) is 13.9. The Bertz CT molecular complexity index is 421. The molecule has 2 rings (SSSR count). The van der Waals surface area contributed by atoms with Crippen LogP contribution in [0.5, 0.6) is 11.5 Å². The van der Waals surface area contributed by atoms with E-state index in [-0.39, 0.29) is 0 Å². The summed E-state index contributed by atoms with van der Waals surface area (Å²) in [6, 6.07) is 4.70. The summed E-state index contributed by atoms with van der Waals surface area (Å²) >= 11 is 3.62. The van der Waals surface area contributed by atoms with Crippen LogP contribution in [0.4, 0.5) is 0 Å². The Labute approximate surface area is 123 Å². The van der Waals surface area contributed by atoms with Gasteiger partial charge >= 0.3 is 0 Å². The van der Waals surface area contributed by atoms with Crippen molar-refractivity contribution in [2.24, 2.45) is 0 Å². The Morgan fingerprint density at radius 1 is 1.16 bits per heavy atom. The van der Waals surface area contributed by atoms with Crippen molar-refractivity contribution < 1.29 is 9.47 Å². The van der Waals surface area contributed by atoms with Crippen molar-refractivity contribution in [2.45, 2.75) is 39.2 Å². The van der Waals surface area contributed by atoms with Crippen LogP contribution in [0.25, 0.3) is 0 Å². The predicted molar refractivity (Wildman–Crippen MR) is 81.2 cm³/mol. The van der Waals surface area contributed by atoms with Gasteiger partial charge in [-0.2, -0.15) is 0 Å². The molecule has 1 aromatic carbocycles. The van der Waals surface area contributed by atoms with Crippen molar-refractivity contribution in [3.8, 4) is 11.5 Å². The lowest BCUT2D eigenvalue weighted by Gasteiger charge is -2.20. The van der Waals surface area contributed by atoms with Gasteiger partial charge in [0.1, 0.15) is 13.2 Å². The smallest absolute Gasteiger partial charge is 0.162 e. The van der Waals surface area contributed by atoms with Crippen LogP contribution in [0.3, 0.4) is 0 Å². The Hall–Kier alpha value is -0.740. The van der Waals surface area contributed by atoms with E-state index in [1.807, 2.05) is 6.07 Å². The maximum absolute atomic E-state index is 5.62. The molecule has 19 heavy (non-hydrogen) atoms. The maximum atomic E-state index is 5.62. The monoisotopic (exact) mass is 327 g/mol. The van der Waals surface area contributed by atoms with Crippen molar-refractivity contribution >= 4 is 15.9 Å². The van der Waals surface area contributed by atoms with Crippen LogP contribution in [0.1, 0.15) is 32.3 Å². The largest absolute Gasteiger partial charge is 0.486 e. The fraction of sp³-hybridized carbons (Fsp3) is 0.600. The van der Waals surface area contributed by atoms with Gasteiger partial charge in [-0.3, -0.25) is 0 Å². The second kappa shape index (κ2) is 7.15. The number of aryl methyl sites for hydroxylation is 1. The minimum Gasteiger partial charge on any atom is -0.486 e. The van der Waals surface area contributed by atoms with E-state index in [9.17, 15) is 0 Å². The van der Waals surface area contributed by atoms with Gasteiger partial charge in [0, 0.05) is 10.5 Å². The molecule has 0 unspecified atom stereocenters. The number of fused-ring (bicyclic) bond motifs is 1. The summed E-state index contributed by atoms with van der Waals surface area (Å²) in [7, 11) is 0. The SMILES string of the molecule is CC(C)NCCCCc1cc2c(cc1Br)OCCO2. The quantitative estimate of drug-likeness (QED) is 0.810. The van der Waals surface area contributed by atoms with E-state index in [4.69, 9.17) is 9.47 Å². The van der Waals surface area contributed by atoms with Crippen molar-refractivity contribution in [3.63, 3.8) is 0 Å². The third kappa shape index (κ3) is 4.39. The van der Waals surface area contributed by atoms with E-state index in [2.05, 4.69) is 41.2 Å². The van der Waals surface area contributed by atoms with E-state index in [0.29, 0.717) is 19.3 Å². The predicted octanol–water partition coefficient (Wildman–Crippen LogP) is 3.54. The maximum Gasteiger partial charge on any atom is 0.162 e. The zero-order valence-electron chi connectivity index (χ0n) is 11.7. The average Bonchev–Trinajstić information content (AvgIpc) is 2.38. The van der Waals surface area contributed by atoms with Gasteiger partial charge in [0.15, 0.2) is 11.5 Å². The standard InChI is InChI=1S/C15H22BrNO2/c1-11(2)17-6-4-3-5-12-9-14-15(10-13(12)16)19-8-7-18-14/h9-11,17H,3-8H2,1-2H3. The molecule has 1 aliphatic heterocycles. The van der Waals surface area contributed by atoms with Crippen LogP contribution in [0.2, 0.25) is 0 Å².